The Kier molecular flexibility index (Phi) is 3.80. The van der Waals surface area contributed by atoms with Crippen molar-refractivity contribution in [2.75, 3.05) is 11.4 Å². The molecule has 0 bridgehead atoms. The van der Waals surface area contributed by atoms with Gasteiger partial charge in [-0.25, -0.2) is 8.78 Å². The van der Waals surface area contributed by atoms with Crippen molar-refractivity contribution in [2.24, 2.45) is 5.92 Å². The lowest BCUT2D eigenvalue weighted by molar-refractivity contribution is -0.120. The molecule has 1 aliphatic carbocycles. The summed E-state index contributed by atoms with van der Waals surface area (Å²) in [5.74, 6) is -1.44. The van der Waals surface area contributed by atoms with E-state index in [1.54, 1.807) is 0 Å². The summed E-state index contributed by atoms with van der Waals surface area (Å²) in [6.45, 7) is 0.472. The number of nitrogens with zero attached hydrogens (tertiary/aromatic N) is 1. The third-order valence-corrected chi connectivity index (χ3v) is 5.23. The Morgan fingerprint density at radius 1 is 1.21 bits per heavy atom. The van der Waals surface area contributed by atoms with Crippen LogP contribution in [0.15, 0.2) is 36.4 Å². The number of rotatable bonds is 2. The highest BCUT2D eigenvalue weighted by Crippen LogP contribution is 2.51. The minimum absolute atomic E-state index is 0.0834. The van der Waals surface area contributed by atoms with Crippen LogP contribution >= 0.6 is 11.6 Å². The molecule has 2 unspecified atom stereocenters. The average molecular weight is 348 g/mol. The van der Waals surface area contributed by atoms with Gasteiger partial charge in [-0.3, -0.25) is 4.79 Å². The first kappa shape index (κ1) is 15.6. The summed E-state index contributed by atoms with van der Waals surface area (Å²) in [6.07, 6.45) is 2.02. The van der Waals surface area contributed by atoms with Crippen LogP contribution in [0, 0.1) is 17.6 Å². The molecule has 4 rings (SSSR count). The van der Waals surface area contributed by atoms with Crippen molar-refractivity contribution in [1.82, 2.24) is 0 Å². The summed E-state index contributed by atoms with van der Waals surface area (Å²) in [5, 5.41) is 0.657. The van der Waals surface area contributed by atoms with Crippen molar-refractivity contribution in [2.45, 2.75) is 25.2 Å². The van der Waals surface area contributed by atoms with Crippen molar-refractivity contribution >= 4 is 23.2 Å². The molecular weight excluding hydrogens is 332 g/mol. The summed E-state index contributed by atoms with van der Waals surface area (Å²) >= 11 is 6.21. The molecular formula is C19H16ClF2NO. The summed E-state index contributed by atoms with van der Waals surface area (Å²) in [7, 11) is 0. The maximum absolute atomic E-state index is 14.3. The molecule has 1 aliphatic heterocycles. The Morgan fingerprint density at radius 3 is 2.79 bits per heavy atom. The van der Waals surface area contributed by atoms with Gasteiger partial charge in [0.2, 0.25) is 5.91 Å². The van der Waals surface area contributed by atoms with Crippen molar-refractivity contribution in [3.8, 4) is 0 Å². The van der Waals surface area contributed by atoms with Crippen LogP contribution in [0.4, 0.5) is 14.5 Å². The van der Waals surface area contributed by atoms with Crippen LogP contribution in [-0.4, -0.2) is 12.5 Å². The van der Waals surface area contributed by atoms with Gasteiger partial charge in [-0.2, -0.15) is 0 Å². The highest BCUT2D eigenvalue weighted by molar-refractivity contribution is 6.31. The fourth-order valence-electron chi connectivity index (χ4n) is 3.66. The highest BCUT2D eigenvalue weighted by Gasteiger charge is 2.47. The summed E-state index contributed by atoms with van der Waals surface area (Å²) in [4.78, 5) is 14.4. The number of aryl methyl sites for hydroxylation is 1. The maximum Gasteiger partial charge on any atom is 0.230 e. The molecule has 0 aromatic heterocycles. The number of amides is 1. The van der Waals surface area contributed by atoms with Crippen LogP contribution in [0.5, 0.6) is 0 Å². The van der Waals surface area contributed by atoms with E-state index < -0.39 is 11.6 Å². The maximum atomic E-state index is 14.3. The molecule has 0 saturated heterocycles. The molecule has 1 fully saturated rings. The van der Waals surface area contributed by atoms with E-state index in [1.165, 1.54) is 11.0 Å². The largest absolute Gasteiger partial charge is 0.309 e. The second-order valence-corrected chi connectivity index (χ2v) is 6.87. The van der Waals surface area contributed by atoms with Crippen LogP contribution in [0.2, 0.25) is 5.02 Å². The third-order valence-electron chi connectivity index (χ3n) is 4.88. The zero-order chi connectivity index (χ0) is 16.8. The van der Waals surface area contributed by atoms with Gasteiger partial charge in [-0.1, -0.05) is 29.8 Å². The van der Waals surface area contributed by atoms with E-state index in [2.05, 4.69) is 0 Å². The number of halogens is 3. The first-order chi connectivity index (χ1) is 11.6. The van der Waals surface area contributed by atoms with E-state index in [0.29, 0.717) is 30.0 Å². The summed E-state index contributed by atoms with van der Waals surface area (Å²) < 4.78 is 27.7. The number of anilines is 1. The minimum Gasteiger partial charge on any atom is -0.309 e. The lowest BCUT2D eigenvalue weighted by Crippen LogP contribution is -2.37. The number of fused-ring (bicyclic) bond motifs is 1. The first-order valence-electron chi connectivity index (χ1n) is 8.10. The van der Waals surface area contributed by atoms with E-state index in [4.69, 9.17) is 11.6 Å². The topological polar surface area (TPSA) is 20.3 Å². The molecule has 2 aromatic rings. The zero-order valence-corrected chi connectivity index (χ0v) is 13.7. The molecule has 2 aromatic carbocycles. The monoisotopic (exact) mass is 347 g/mol. The molecule has 1 heterocycles. The number of hydrogen-bond acceptors (Lipinski definition) is 1. The molecule has 1 amide bonds. The predicted octanol–water partition coefficient (Wildman–Crippen LogP) is 4.70. The minimum atomic E-state index is -0.659. The lowest BCUT2D eigenvalue weighted by atomic mass is 10.00. The van der Waals surface area contributed by atoms with Crippen molar-refractivity contribution < 1.29 is 13.6 Å². The number of carbonyl (C=O) groups excluding carboxylic acids is 1. The van der Waals surface area contributed by atoms with Gasteiger partial charge < -0.3 is 4.90 Å². The Morgan fingerprint density at radius 2 is 2.00 bits per heavy atom. The molecule has 2 aliphatic rings. The van der Waals surface area contributed by atoms with Crippen molar-refractivity contribution in [3.63, 3.8) is 0 Å². The van der Waals surface area contributed by atoms with Gasteiger partial charge in [0.25, 0.3) is 0 Å². The lowest BCUT2D eigenvalue weighted by Gasteiger charge is -2.30. The average Bonchev–Trinajstić information content (AvgIpc) is 3.34. The van der Waals surface area contributed by atoms with Crippen LogP contribution in [-0.2, 0) is 11.2 Å². The standard InChI is InChI=1S/C19H16ClF2NO/c20-16-6-2-1-5-13(16)14-10-15(14)19(24)23-7-3-4-11-8-12(21)9-17(22)18(11)23/h1-2,5-6,8-9,14-15H,3-4,7,10H2. The highest BCUT2D eigenvalue weighted by atomic mass is 35.5. The van der Waals surface area contributed by atoms with Gasteiger partial charge >= 0.3 is 0 Å². The molecule has 1 saturated carbocycles. The quantitative estimate of drug-likeness (QED) is 0.771. The molecule has 0 N–H and O–H groups in total. The third kappa shape index (κ3) is 2.59. The number of hydrogen-bond donors (Lipinski definition) is 0. The van der Waals surface area contributed by atoms with Gasteiger partial charge in [0.15, 0.2) is 0 Å². The Hall–Kier alpha value is -1.94. The van der Waals surface area contributed by atoms with E-state index >= 15 is 0 Å². The second kappa shape index (κ2) is 5.85. The van der Waals surface area contributed by atoms with Gasteiger partial charge in [0.05, 0.1) is 5.69 Å². The zero-order valence-electron chi connectivity index (χ0n) is 12.9. The Labute approximate surface area is 144 Å². The number of benzene rings is 2. The first-order valence-corrected chi connectivity index (χ1v) is 8.48. The van der Waals surface area contributed by atoms with E-state index in [-0.39, 0.29) is 23.4 Å². The van der Waals surface area contributed by atoms with Crippen molar-refractivity contribution in [3.05, 3.63) is 64.2 Å². The van der Waals surface area contributed by atoms with Gasteiger partial charge in [-0.15, -0.1) is 0 Å². The van der Waals surface area contributed by atoms with E-state index in [1.807, 2.05) is 24.3 Å². The SMILES string of the molecule is O=C(C1CC1c1ccccc1Cl)N1CCCc2cc(F)cc(F)c21. The predicted molar refractivity (Wildman–Crippen MR) is 89.3 cm³/mol. The normalized spacial score (nSPS) is 22.2. The molecule has 24 heavy (non-hydrogen) atoms. The Bertz CT molecular complexity index is 823. The van der Waals surface area contributed by atoms with Crippen LogP contribution in [0.3, 0.4) is 0 Å². The molecule has 0 radical (unpaired) electrons. The fourth-order valence-corrected chi connectivity index (χ4v) is 3.94. The Balaban J connectivity index is 1.61. The smallest absolute Gasteiger partial charge is 0.230 e. The molecule has 0 spiro atoms. The van der Waals surface area contributed by atoms with Crippen LogP contribution in [0.25, 0.3) is 0 Å². The van der Waals surface area contributed by atoms with Gasteiger partial charge in [-0.05, 0) is 48.4 Å². The fraction of sp³-hybridized carbons (Fsp3) is 0.316. The van der Waals surface area contributed by atoms with E-state index in [0.717, 1.165) is 18.1 Å². The molecule has 2 nitrogen and oxygen atoms in total. The summed E-state index contributed by atoms with van der Waals surface area (Å²) in [5.41, 5.74) is 1.79. The summed E-state index contributed by atoms with van der Waals surface area (Å²) in [6, 6.07) is 9.69. The number of carbonyl (C=O) groups is 1. The van der Waals surface area contributed by atoms with E-state index in [9.17, 15) is 13.6 Å². The molecule has 5 heteroatoms. The van der Waals surface area contributed by atoms with Gasteiger partial charge in [0, 0.05) is 23.6 Å². The second-order valence-electron chi connectivity index (χ2n) is 6.46. The molecule has 2 atom stereocenters. The van der Waals surface area contributed by atoms with Gasteiger partial charge in [0.1, 0.15) is 11.6 Å². The molecule has 124 valence electrons. The van der Waals surface area contributed by atoms with Crippen molar-refractivity contribution in [1.29, 1.82) is 0 Å². The van der Waals surface area contributed by atoms with Crippen LogP contribution in [0.1, 0.15) is 29.9 Å². The van der Waals surface area contributed by atoms with Crippen LogP contribution < -0.4 is 4.90 Å².